The van der Waals surface area contributed by atoms with Crippen LogP contribution in [0.3, 0.4) is 0 Å². The number of fused-ring (bicyclic) bond motifs is 1. The maximum atomic E-state index is 5.72. The minimum Gasteiger partial charge on any atom is -0.271 e. The van der Waals surface area contributed by atoms with E-state index in [1.807, 2.05) is 36.4 Å². The van der Waals surface area contributed by atoms with Gasteiger partial charge in [-0.25, -0.2) is 4.98 Å². The number of halogens is 1. The van der Waals surface area contributed by atoms with Gasteiger partial charge in [-0.3, -0.25) is 11.3 Å². The molecule has 0 saturated heterocycles. The highest BCUT2D eigenvalue weighted by Gasteiger charge is 2.15. The minimum atomic E-state index is 0.0473. The van der Waals surface area contributed by atoms with Crippen molar-refractivity contribution in [3.05, 3.63) is 63.6 Å². The van der Waals surface area contributed by atoms with E-state index in [1.165, 1.54) is 4.70 Å². The molecule has 3 N–H and O–H groups in total. The lowest BCUT2D eigenvalue weighted by atomic mass is 10.1. The van der Waals surface area contributed by atoms with Crippen LogP contribution in [0.1, 0.15) is 16.6 Å². The van der Waals surface area contributed by atoms with Gasteiger partial charge in [0.2, 0.25) is 0 Å². The summed E-state index contributed by atoms with van der Waals surface area (Å²) >= 11 is 5.29. The number of benzene rings is 2. The molecule has 3 aromatic rings. The van der Waals surface area contributed by atoms with Gasteiger partial charge in [0.05, 0.1) is 21.3 Å². The van der Waals surface area contributed by atoms with Gasteiger partial charge in [0.1, 0.15) is 0 Å². The average Bonchev–Trinajstić information content (AvgIpc) is 2.88. The second kappa shape index (κ2) is 6.01. The normalized spacial score (nSPS) is 12.7. The fourth-order valence-corrected chi connectivity index (χ4v) is 3.77. The lowest BCUT2D eigenvalue weighted by Gasteiger charge is -2.16. The molecule has 1 atom stereocenters. The Morgan fingerprint density at radius 1 is 1.15 bits per heavy atom. The molecule has 1 unspecified atom stereocenters. The SMILES string of the molecule is NNC(Cc1nc2ccccc2s1)c1ccccc1Br. The smallest absolute Gasteiger partial charge is 0.0958 e. The van der Waals surface area contributed by atoms with E-state index in [0.717, 1.165) is 27.0 Å². The first-order valence-electron chi connectivity index (χ1n) is 6.33. The highest BCUT2D eigenvalue weighted by Crippen LogP contribution is 2.29. The zero-order valence-electron chi connectivity index (χ0n) is 10.7. The van der Waals surface area contributed by atoms with E-state index in [0.29, 0.717) is 0 Å². The van der Waals surface area contributed by atoms with Crippen molar-refractivity contribution in [1.82, 2.24) is 10.4 Å². The molecule has 0 aliphatic rings. The number of nitrogens with zero attached hydrogens (tertiary/aromatic N) is 1. The van der Waals surface area contributed by atoms with Gasteiger partial charge < -0.3 is 0 Å². The lowest BCUT2D eigenvalue weighted by molar-refractivity contribution is 0.549. The van der Waals surface area contributed by atoms with Crippen LogP contribution in [-0.4, -0.2) is 4.98 Å². The van der Waals surface area contributed by atoms with Crippen LogP contribution in [0.2, 0.25) is 0 Å². The number of hydrogen-bond donors (Lipinski definition) is 2. The Morgan fingerprint density at radius 3 is 2.65 bits per heavy atom. The van der Waals surface area contributed by atoms with E-state index < -0.39 is 0 Å². The Bertz CT molecular complexity index is 693. The van der Waals surface area contributed by atoms with Crippen LogP contribution in [0.15, 0.2) is 53.0 Å². The molecule has 0 aliphatic heterocycles. The highest BCUT2D eigenvalue weighted by atomic mass is 79.9. The maximum Gasteiger partial charge on any atom is 0.0958 e. The van der Waals surface area contributed by atoms with Crippen molar-refractivity contribution < 1.29 is 0 Å². The van der Waals surface area contributed by atoms with Crippen LogP contribution >= 0.6 is 27.3 Å². The fraction of sp³-hybridized carbons (Fsp3) is 0.133. The number of thiazole rings is 1. The number of hydrazine groups is 1. The molecule has 0 saturated carbocycles. The molecule has 20 heavy (non-hydrogen) atoms. The van der Waals surface area contributed by atoms with Crippen LogP contribution in [-0.2, 0) is 6.42 Å². The molecule has 2 aromatic carbocycles. The molecule has 3 nitrogen and oxygen atoms in total. The van der Waals surface area contributed by atoms with Crippen LogP contribution in [0.4, 0.5) is 0 Å². The van der Waals surface area contributed by atoms with Gasteiger partial charge in [0.15, 0.2) is 0 Å². The Hall–Kier alpha value is -1.27. The molecule has 102 valence electrons. The first-order chi connectivity index (χ1) is 9.78. The molecule has 1 aromatic heterocycles. The van der Waals surface area contributed by atoms with E-state index in [4.69, 9.17) is 5.84 Å². The fourth-order valence-electron chi connectivity index (χ4n) is 2.20. The van der Waals surface area contributed by atoms with E-state index in [2.05, 4.69) is 38.5 Å². The molecular weight excluding hydrogens is 334 g/mol. The molecule has 0 radical (unpaired) electrons. The number of nitrogens with two attached hydrogens (primary N) is 1. The molecule has 0 fully saturated rings. The van der Waals surface area contributed by atoms with E-state index >= 15 is 0 Å². The van der Waals surface area contributed by atoms with Crippen molar-refractivity contribution in [2.24, 2.45) is 5.84 Å². The van der Waals surface area contributed by atoms with E-state index in [9.17, 15) is 0 Å². The molecule has 0 amide bonds. The van der Waals surface area contributed by atoms with Crippen molar-refractivity contribution in [3.8, 4) is 0 Å². The predicted molar refractivity (Wildman–Crippen MR) is 87.5 cm³/mol. The molecule has 0 spiro atoms. The third-order valence-corrected chi connectivity index (χ3v) is 4.98. The number of hydrogen-bond acceptors (Lipinski definition) is 4. The third-order valence-electron chi connectivity index (χ3n) is 3.20. The van der Waals surface area contributed by atoms with Crippen LogP contribution < -0.4 is 11.3 Å². The van der Waals surface area contributed by atoms with E-state index in [-0.39, 0.29) is 6.04 Å². The largest absolute Gasteiger partial charge is 0.271 e. The van der Waals surface area contributed by atoms with E-state index in [1.54, 1.807) is 11.3 Å². The number of nitrogens with one attached hydrogen (secondary N) is 1. The summed E-state index contributed by atoms with van der Waals surface area (Å²) in [5.41, 5.74) is 5.09. The molecule has 0 bridgehead atoms. The van der Waals surface area contributed by atoms with Gasteiger partial charge in [-0.15, -0.1) is 11.3 Å². The summed E-state index contributed by atoms with van der Waals surface area (Å²) in [4.78, 5) is 4.66. The Balaban J connectivity index is 1.90. The van der Waals surface area contributed by atoms with Gasteiger partial charge in [-0.05, 0) is 23.8 Å². The summed E-state index contributed by atoms with van der Waals surface area (Å²) in [5.74, 6) is 5.72. The van der Waals surface area contributed by atoms with Gasteiger partial charge in [0.25, 0.3) is 0 Å². The second-order valence-corrected chi connectivity index (χ2v) is 6.49. The van der Waals surface area contributed by atoms with Crippen molar-refractivity contribution in [1.29, 1.82) is 0 Å². The van der Waals surface area contributed by atoms with Crippen LogP contribution in [0.5, 0.6) is 0 Å². The summed E-state index contributed by atoms with van der Waals surface area (Å²) in [7, 11) is 0. The summed E-state index contributed by atoms with van der Waals surface area (Å²) in [6.45, 7) is 0. The first kappa shape index (κ1) is 13.7. The standard InChI is InChI=1S/C15H14BrN3S/c16-11-6-2-1-5-10(11)13(19-17)9-15-18-12-7-3-4-8-14(12)20-15/h1-8,13,19H,9,17H2. The summed E-state index contributed by atoms with van der Waals surface area (Å²) < 4.78 is 2.27. The monoisotopic (exact) mass is 347 g/mol. The third kappa shape index (κ3) is 2.76. The van der Waals surface area contributed by atoms with Crippen LogP contribution in [0, 0.1) is 0 Å². The summed E-state index contributed by atoms with van der Waals surface area (Å²) in [5, 5.41) is 1.09. The van der Waals surface area contributed by atoms with Crippen molar-refractivity contribution in [2.75, 3.05) is 0 Å². The zero-order valence-corrected chi connectivity index (χ0v) is 13.1. The first-order valence-corrected chi connectivity index (χ1v) is 7.94. The van der Waals surface area contributed by atoms with Gasteiger partial charge in [-0.2, -0.15) is 0 Å². The minimum absolute atomic E-state index is 0.0473. The Kier molecular flexibility index (Phi) is 4.12. The zero-order chi connectivity index (χ0) is 13.9. The molecule has 0 aliphatic carbocycles. The highest BCUT2D eigenvalue weighted by molar-refractivity contribution is 9.10. The van der Waals surface area contributed by atoms with Crippen molar-refractivity contribution >= 4 is 37.5 Å². The lowest BCUT2D eigenvalue weighted by Crippen LogP contribution is -2.29. The molecular formula is C15H14BrN3S. The quantitative estimate of drug-likeness (QED) is 0.557. The average molecular weight is 348 g/mol. The van der Waals surface area contributed by atoms with Gasteiger partial charge in [0, 0.05) is 10.9 Å². The topological polar surface area (TPSA) is 50.9 Å². The van der Waals surface area contributed by atoms with Crippen molar-refractivity contribution in [3.63, 3.8) is 0 Å². The summed E-state index contributed by atoms with van der Waals surface area (Å²) in [6, 6.07) is 16.3. The van der Waals surface area contributed by atoms with Gasteiger partial charge >= 0.3 is 0 Å². The second-order valence-electron chi connectivity index (χ2n) is 4.52. The molecule has 5 heteroatoms. The van der Waals surface area contributed by atoms with Gasteiger partial charge in [-0.1, -0.05) is 46.3 Å². The van der Waals surface area contributed by atoms with Crippen molar-refractivity contribution in [2.45, 2.75) is 12.5 Å². The Morgan fingerprint density at radius 2 is 1.90 bits per heavy atom. The predicted octanol–water partition coefficient (Wildman–Crippen LogP) is 3.81. The number of rotatable bonds is 4. The molecule has 3 rings (SSSR count). The molecule has 1 heterocycles. The number of para-hydroxylation sites is 1. The summed E-state index contributed by atoms with van der Waals surface area (Å²) in [6.07, 6.45) is 0.776. The maximum absolute atomic E-state index is 5.72. The van der Waals surface area contributed by atoms with Crippen LogP contribution in [0.25, 0.3) is 10.2 Å². The Labute approximate surface area is 129 Å². The number of aromatic nitrogens is 1.